The second-order valence-electron chi connectivity index (χ2n) is 7.22. The van der Waals surface area contributed by atoms with E-state index >= 15 is 0 Å². The summed E-state index contributed by atoms with van der Waals surface area (Å²) in [6.45, 7) is 0. The molecule has 176 valence electrons. The van der Waals surface area contributed by atoms with E-state index in [0.717, 1.165) is 0 Å². The third-order valence-electron chi connectivity index (χ3n) is 4.87. The van der Waals surface area contributed by atoms with E-state index in [1.807, 2.05) is 0 Å². The molecule has 1 aliphatic heterocycles. The van der Waals surface area contributed by atoms with Crippen LogP contribution in [0.25, 0.3) is 11.6 Å². The molecule has 7 nitrogen and oxygen atoms in total. The lowest BCUT2D eigenvalue weighted by molar-refractivity contribution is -0.280. The van der Waals surface area contributed by atoms with Crippen LogP contribution in [0.2, 0.25) is 0 Å². The third-order valence-corrected chi connectivity index (χ3v) is 4.87. The van der Waals surface area contributed by atoms with Gasteiger partial charge in [-0.05, 0) is 18.9 Å². The highest BCUT2D eigenvalue weighted by Gasteiger charge is 2.59. The zero-order valence-corrected chi connectivity index (χ0v) is 15.8. The maximum atomic E-state index is 14.1. The predicted molar refractivity (Wildman–Crippen MR) is 89.3 cm³/mol. The van der Waals surface area contributed by atoms with Gasteiger partial charge >= 0.3 is 12.4 Å². The molecule has 32 heavy (non-hydrogen) atoms. The summed E-state index contributed by atoms with van der Waals surface area (Å²) in [5.74, 6) is -7.48. The number of aromatic nitrogens is 3. The van der Waals surface area contributed by atoms with Crippen LogP contribution in [0.4, 0.5) is 40.8 Å². The number of anilines is 1. The van der Waals surface area contributed by atoms with Crippen molar-refractivity contribution in [3.05, 3.63) is 23.2 Å². The molecule has 0 aliphatic carbocycles. The summed E-state index contributed by atoms with van der Waals surface area (Å²) in [6, 6.07) is 0.301. The number of fused-ring (bicyclic) bond motifs is 5. The van der Waals surface area contributed by atoms with Gasteiger partial charge in [-0.25, -0.2) is 13.8 Å². The summed E-state index contributed by atoms with van der Waals surface area (Å²) in [5, 5.41) is 16.4. The van der Waals surface area contributed by atoms with Gasteiger partial charge in [0.1, 0.15) is 5.69 Å². The molecule has 0 spiro atoms. The molecule has 3 N–H and O–H groups in total. The Morgan fingerprint density at radius 1 is 1.03 bits per heavy atom. The first kappa shape index (κ1) is 23.8. The number of rotatable bonds is 0. The molecule has 3 rings (SSSR count). The van der Waals surface area contributed by atoms with E-state index in [0.29, 0.717) is 6.07 Å². The van der Waals surface area contributed by atoms with Crippen LogP contribution < -0.4 is 5.73 Å². The molecule has 0 unspecified atom stereocenters. The molecule has 0 saturated carbocycles. The lowest BCUT2D eigenvalue weighted by Crippen LogP contribution is -2.43. The van der Waals surface area contributed by atoms with Gasteiger partial charge in [0.05, 0.1) is 11.3 Å². The van der Waals surface area contributed by atoms with Crippen molar-refractivity contribution in [2.45, 2.75) is 56.0 Å². The molecular formula is C17H14F8N4O3. The average molecular weight is 474 g/mol. The Bertz CT molecular complexity index is 1030. The Hall–Kier alpha value is -2.84. The highest BCUT2D eigenvalue weighted by atomic mass is 19.4. The van der Waals surface area contributed by atoms with E-state index < -0.39 is 96.2 Å². The fraction of sp³-hybridized carbons (Fsp3) is 0.529. The minimum atomic E-state index is -5.51. The number of nitrogen functional groups attached to an aromatic ring is 1. The summed E-state index contributed by atoms with van der Waals surface area (Å²) < 4.78 is 114. The van der Waals surface area contributed by atoms with Crippen molar-refractivity contribution in [2.75, 3.05) is 5.73 Å². The number of nitrogens with two attached hydrogens (primary N) is 1. The Balaban J connectivity index is 2.23. The summed E-state index contributed by atoms with van der Waals surface area (Å²) in [6.07, 6.45) is -16.2. The van der Waals surface area contributed by atoms with E-state index in [9.17, 15) is 45.0 Å². The van der Waals surface area contributed by atoms with Crippen LogP contribution in [0.3, 0.4) is 0 Å². The fourth-order valence-electron chi connectivity index (χ4n) is 3.10. The van der Waals surface area contributed by atoms with E-state index in [1.54, 1.807) is 0 Å². The van der Waals surface area contributed by atoms with Crippen LogP contribution in [0.15, 0.2) is 10.5 Å². The van der Waals surface area contributed by atoms with Crippen molar-refractivity contribution in [2.24, 2.45) is 0 Å². The van der Waals surface area contributed by atoms with Crippen molar-refractivity contribution in [3.63, 3.8) is 0 Å². The molecule has 0 aromatic carbocycles. The molecule has 1 atom stereocenters. The van der Waals surface area contributed by atoms with E-state index in [2.05, 4.69) is 15.2 Å². The minimum Gasteiger partial charge on any atom is -0.416 e. The molecule has 4 bridgehead atoms. The van der Waals surface area contributed by atoms with Gasteiger partial charge in [0.25, 0.3) is 11.8 Å². The van der Waals surface area contributed by atoms with Crippen molar-refractivity contribution in [3.8, 4) is 11.6 Å². The van der Waals surface area contributed by atoms with Crippen LogP contribution in [0.5, 0.6) is 0 Å². The molecular weight excluding hydrogens is 460 g/mol. The summed E-state index contributed by atoms with van der Waals surface area (Å²) in [5.41, 5.74) is -2.68. The Morgan fingerprint density at radius 3 is 2.28 bits per heavy atom. The SMILES string of the molecule is Nc1cc(C(F)(F)F)c2nc1-c1nnc(o1)[C@@](O)(C(F)(F)F)CCC(F)(F)CCCC2=O. The quantitative estimate of drug-likeness (QED) is 0.548. The molecule has 15 heteroatoms. The zero-order valence-electron chi connectivity index (χ0n) is 15.8. The van der Waals surface area contributed by atoms with Gasteiger partial charge in [-0.15, -0.1) is 10.2 Å². The number of carbonyl (C=O) groups excluding carboxylic acids is 1. The fourth-order valence-corrected chi connectivity index (χ4v) is 3.10. The maximum absolute atomic E-state index is 14.1. The first-order chi connectivity index (χ1) is 14.6. The van der Waals surface area contributed by atoms with Crippen molar-refractivity contribution in [1.29, 1.82) is 0 Å². The third kappa shape index (κ3) is 4.38. The second kappa shape index (κ2) is 7.64. The number of pyridine rings is 1. The first-order valence-corrected chi connectivity index (χ1v) is 8.97. The zero-order chi connectivity index (χ0) is 24.1. The van der Waals surface area contributed by atoms with Gasteiger partial charge in [0, 0.05) is 19.3 Å². The number of hydrogen-bond acceptors (Lipinski definition) is 7. The molecule has 2 aromatic heterocycles. The van der Waals surface area contributed by atoms with Crippen molar-refractivity contribution >= 4 is 11.5 Å². The van der Waals surface area contributed by atoms with Gasteiger partial charge in [-0.2, -0.15) is 26.3 Å². The number of hydrogen-bond donors (Lipinski definition) is 2. The van der Waals surface area contributed by atoms with E-state index in [4.69, 9.17) is 10.2 Å². The Kier molecular flexibility index (Phi) is 5.68. The van der Waals surface area contributed by atoms with E-state index in [1.165, 1.54) is 0 Å². The van der Waals surface area contributed by atoms with Crippen LogP contribution in [-0.2, 0) is 11.8 Å². The smallest absolute Gasteiger partial charge is 0.416 e. The normalized spacial score (nSPS) is 22.5. The minimum absolute atomic E-state index is 0.301. The number of halogens is 8. The number of Topliss-reactive ketones (excluding diaryl/α,β-unsaturated/α-hetero) is 1. The maximum Gasteiger partial charge on any atom is 0.426 e. The topological polar surface area (TPSA) is 115 Å². The number of aliphatic hydroxyl groups is 1. The number of carbonyl (C=O) groups is 1. The molecule has 2 aromatic rings. The lowest BCUT2D eigenvalue weighted by Gasteiger charge is -2.28. The molecule has 0 amide bonds. The first-order valence-electron chi connectivity index (χ1n) is 8.97. The largest absolute Gasteiger partial charge is 0.426 e. The molecule has 0 saturated heterocycles. The standard InChI is InChI=1S/C17H14F8N4O3/c18-14(19)3-1-2-9(30)10-7(16(20,21)22)6-8(26)11(27-10)12-28-29-13(32-12)15(31,5-4-14)17(23,24)25/h6,31H,1-5,26H2/t15-/m1/s1. The molecule has 1 aliphatic rings. The summed E-state index contributed by atoms with van der Waals surface area (Å²) >= 11 is 0. The van der Waals surface area contributed by atoms with Gasteiger partial charge in [-0.1, -0.05) is 0 Å². The van der Waals surface area contributed by atoms with Gasteiger partial charge < -0.3 is 15.3 Å². The summed E-state index contributed by atoms with van der Waals surface area (Å²) in [4.78, 5) is 15.8. The Labute approximate surface area is 173 Å². The van der Waals surface area contributed by atoms with Gasteiger partial charge in [-0.3, -0.25) is 4.79 Å². The molecule has 0 radical (unpaired) electrons. The van der Waals surface area contributed by atoms with Gasteiger partial charge in [0.15, 0.2) is 11.5 Å². The highest BCUT2D eigenvalue weighted by Crippen LogP contribution is 2.45. The number of alkyl halides is 8. The average Bonchev–Trinajstić information content (AvgIpc) is 3.13. The van der Waals surface area contributed by atoms with Crippen molar-refractivity contribution in [1.82, 2.24) is 15.2 Å². The van der Waals surface area contributed by atoms with Gasteiger partial charge in [0.2, 0.25) is 11.5 Å². The predicted octanol–water partition coefficient (Wildman–Crippen LogP) is 4.26. The molecule has 0 fully saturated rings. The monoisotopic (exact) mass is 474 g/mol. The highest BCUT2D eigenvalue weighted by molar-refractivity contribution is 5.97. The Morgan fingerprint density at radius 2 is 1.69 bits per heavy atom. The van der Waals surface area contributed by atoms with E-state index in [-0.39, 0.29) is 0 Å². The van der Waals surface area contributed by atoms with Crippen LogP contribution >= 0.6 is 0 Å². The second-order valence-corrected chi connectivity index (χ2v) is 7.22. The molecule has 3 heterocycles. The van der Waals surface area contributed by atoms with Crippen LogP contribution in [0.1, 0.15) is 54.0 Å². The number of nitrogens with zero attached hydrogens (tertiary/aromatic N) is 3. The number of ketones is 1. The van der Waals surface area contributed by atoms with Crippen molar-refractivity contribution < 1.29 is 49.4 Å². The van der Waals surface area contributed by atoms with Crippen LogP contribution in [-0.4, -0.2) is 38.2 Å². The summed E-state index contributed by atoms with van der Waals surface area (Å²) in [7, 11) is 0. The lowest BCUT2D eigenvalue weighted by atomic mass is 9.92. The van der Waals surface area contributed by atoms with Crippen LogP contribution in [0, 0.1) is 0 Å².